The van der Waals surface area contributed by atoms with E-state index < -0.39 is 5.41 Å². The van der Waals surface area contributed by atoms with Crippen molar-refractivity contribution >= 4 is 11.7 Å². The Kier molecular flexibility index (Phi) is 2.01. The number of hydrogen-bond donors (Lipinski definition) is 2. The van der Waals surface area contributed by atoms with Crippen LogP contribution in [-0.4, -0.2) is 10.9 Å². The van der Waals surface area contributed by atoms with Crippen molar-refractivity contribution in [1.82, 2.24) is 4.98 Å². The summed E-state index contributed by atoms with van der Waals surface area (Å²) in [6.07, 6.45) is 4.05. The normalized spacial score (nSPS) is 17.9. The number of hydrogen-bond acceptors (Lipinski definition) is 2. The fourth-order valence-corrected chi connectivity index (χ4v) is 1.57. The molecule has 0 spiro atoms. The molecule has 0 aliphatic heterocycles. The van der Waals surface area contributed by atoms with Crippen LogP contribution in [0, 0.1) is 16.7 Å². The number of nitriles is 1. The lowest BCUT2D eigenvalue weighted by Crippen LogP contribution is -2.40. The van der Waals surface area contributed by atoms with E-state index in [0.29, 0.717) is 18.7 Å². The third-order valence-electron chi connectivity index (χ3n) is 2.70. The highest BCUT2D eigenvalue weighted by Crippen LogP contribution is 2.40. The number of carbonyl (C=O) groups is 1. The fourth-order valence-electron chi connectivity index (χ4n) is 1.57. The lowest BCUT2D eigenvalue weighted by molar-refractivity contribution is -0.126. The molecular weight excluding hydrogens is 178 g/mol. The van der Waals surface area contributed by atoms with Gasteiger partial charge in [0, 0.05) is 6.20 Å². The maximum absolute atomic E-state index is 11.7. The second kappa shape index (κ2) is 3.18. The summed E-state index contributed by atoms with van der Waals surface area (Å²) < 4.78 is 0. The van der Waals surface area contributed by atoms with Gasteiger partial charge in [-0.2, -0.15) is 5.26 Å². The van der Waals surface area contributed by atoms with Crippen molar-refractivity contribution in [3.05, 3.63) is 18.3 Å². The monoisotopic (exact) mass is 189 g/mol. The summed E-state index contributed by atoms with van der Waals surface area (Å²) in [6.45, 7) is 0. The van der Waals surface area contributed by atoms with Gasteiger partial charge in [-0.1, -0.05) is 0 Å². The molecular formula is C10H11N3O. The Morgan fingerprint density at radius 2 is 2.43 bits per heavy atom. The lowest BCUT2D eigenvalue weighted by Gasteiger charge is -2.32. The maximum atomic E-state index is 11.7. The minimum atomic E-state index is -0.773. The molecule has 1 aromatic heterocycles. The summed E-state index contributed by atoms with van der Waals surface area (Å²) in [7, 11) is 0. The number of anilines is 1. The molecule has 0 aromatic carbocycles. The summed E-state index contributed by atoms with van der Waals surface area (Å²) in [5.74, 6) is 0.463. The fraction of sp³-hybridized carbons (Fsp3) is 0.400. The van der Waals surface area contributed by atoms with E-state index in [4.69, 9.17) is 5.26 Å². The molecule has 2 N–H and O–H groups in total. The van der Waals surface area contributed by atoms with Crippen LogP contribution in [-0.2, 0) is 4.79 Å². The van der Waals surface area contributed by atoms with Crippen molar-refractivity contribution < 1.29 is 4.79 Å². The van der Waals surface area contributed by atoms with Gasteiger partial charge in [0.05, 0.1) is 6.07 Å². The third kappa shape index (κ3) is 1.27. The van der Waals surface area contributed by atoms with Crippen LogP contribution in [0.25, 0.3) is 0 Å². The second-order valence-electron chi connectivity index (χ2n) is 3.59. The topological polar surface area (TPSA) is 68.7 Å². The molecule has 1 aliphatic carbocycles. The number of nitrogens with zero attached hydrogens (tertiary/aromatic N) is 1. The summed E-state index contributed by atoms with van der Waals surface area (Å²) in [4.78, 5) is 14.6. The van der Waals surface area contributed by atoms with Crippen LogP contribution < -0.4 is 5.32 Å². The van der Waals surface area contributed by atoms with Gasteiger partial charge in [-0.25, -0.2) is 0 Å². The van der Waals surface area contributed by atoms with Gasteiger partial charge < -0.3 is 10.3 Å². The lowest BCUT2D eigenvalue weighted by atomic mass is 9.69. The van der Waals surface area contributed by atoms with E-state index in [1.165, 1.54) is 0 Å². The molecule has 1 heterocycles. The van der Waals surface area contributed by atoms with Gasteiger partial charge in [0.25, 0.3) is 0 Å². The number of nitrogens with one attached hydrogen (secondary N) is 2. The molecule has 2 rings (SSSR count). The van der Waals surface area contributed by atoms with Gasteiger partial charge in [-0.3, -0.25) is 4.79 Å². The number of aromatic amines is 1. The summed E-state index contributed by atoms with van der Waals surface area (Å²) >= 11 is 0. The first-order chi connectivity index (χ1) is 6.77. The van der Waals surface area contributed by atoms with Crippen molar-refractivity contribution in [2.24, 2.45) is 5.41 Å². The quantitative estimate of drug-likeness (QED) is 0.742. The first-order valence-corrected chi connectivity index (χ1v) is 4.63. The average Bonchev–Trinajstić information content (AvgIpc) is 2.55. The smallest absolute Gasteiger partial charge is 0.245 e. The largest absolute Gasteiger partial charge is 0.348 e. The first kappa shape index (κ1) is 8.82. The van der Waals surface area contributed by atoms with Crippen molar-refractivity contribution in [1.29, 1.82) is 5.26 Å². The predicted molar refractivity (Wildman–Crippen MR) is 51.3 cm³/mol. The van der Waals surface area contributed by atoms with Gasteiger partial charge in [0.2, 0.25) is 5.91 Å². The number of aromatic nitrogens is 1. The van der Waals surface area contributed by atoms with E-state index >= 15 is 0 Å². The molecule has 0 saturated heterocycles. The molecule has 1 aromatic rings. The van der Waals surface area contributed by atoms with E-state index in [-0.39, 0.29) is 5.91 Å². The van der Waals surface area contributed by atoms with Crippen molar-refractivity contribution in [3.63, 3.8) is 0 Å². The number of H-pyrrole nitrogens is 1. The average molecular weight is 189 g/mol. The van der Waals surface area contributed by atoms with E-state index in [9.17, 15) is 4.79 Å². The van der Waals surface area contributed by atoms with Crippen LogP contribution in [0.1, 0.15) is 19.3 Å². The highest BCUT2D eigenvalue weighted by molar-refractivity contribution is 5.97. The minimum absolute atomic E-state index is 0.186. The Morgan fingerprint density at radius 3 is 2.86 bits per heavy atom. The van der Waals surface area contributed by atoms with Crippen LogP contribution in [0.4, 0.5) is 5.82 Å². The Morgan fingerprint density at radius 1 is 1.64 bits per heavy atom. The first-order valence-electron chi connectivity index (χ1n) is 4.63. The molecule has 1 fully saturated rings. The van der Waals surface area contributed by atoms with Gasteiger partial charge in [-0.05, 0) is 31.4 Å². The Bertz CT molecular complexity index is 371. The number of amides is 1. The maximum Gasteiger partial charge on any atom is 0.245 e. The van der Waals surface area contributed by atoms with Crippen molar-refractivity contribution in [2.75, 3.05) is 5.32 Å². The van der Waals surface area contributed by atoms with Crippen LogP contribution in [0.5, 0.6) is 0 Å². The Labute approximate surface area is 81.9 Å². The molecule has 4 heteroatoms. The zero-order chi connectivity index (χ0) is 10.0. The molecule has 1 aliphatic rings. The molecule has 1 amide bonds. The van der Waals surface area contributed by atoms with Gasteiger partial charge >= 0.3 is 0 Å². The summed E-state index contributed by atoms with van der Waals surface area (Å²) in [5.41, 5.74) is -0.773. The molecule has 72 valence electrons. The molecule has 1 saturated carbocycles. The SMILES string of the molecule is N#CC1(C(=O)Nc2ccc[nH]2)CCC1. The van der Waals surface area contributed by atoms with Crippen LogP contribution >= 0.6 is 0 Å². The van der Waals surface area contributed by atoms with Gasteiger partial charge in [0.1, 0.15) is 11.2 Å². The molecule has 0 atom stereocenters. The highest BCUT2D eigenvalue weighted by Gasteiger charge is 2.44. The Hall–Kier alpha value is -1.76. The number of rotatable bonds is 2. The molecule has 0 radical (unpaired) electrons. The molecule has 0 bridgehead atoms. The van der Waals surface area contributed by atoms with E-state index in [0.717, 1.165) is 6.42 Å². The second-order valence-corrected chi connectivity index (χ2v) is 3.59. The zero-order valence-corrected chi connectivity index (χ0v) is 7.71. The van der Waals surface area contributed by atoms with E-state index in [2.05, 4.69) is 16.4 Å². The predicted octanol–water partition coefficient (Wildman–Crippen LogP) is 1.65. The van der Waals surface area contributed by atoms with Crippen LogP contribution in [0.3, 0.4) is 0 Å². The van der Waals surface area contributed by atoms with E-state index in [1.54, 1.807) is 18.3 Å². The Balaban J connectivity index is 2.06. The van der Waals surface area contributed by atoms with Crippen LogP contribution in [0.2, 0.25) is 0 Å². The highest BCUT2D eigenvalue weighted by atomic mass is 16.2. The summed E-state index contributed by atoms with van der Waals surface area (Å²) in [6, 6.07) is 5.67. The molecule has 0 unspecified atom stereocenters. The number of carbonyl (C=O) groups excluding carboxylic acids is 1. The molecule has 4 nitrogen and oxygen atoms in total. The molecule has 14 heavy (non-hydrogen) atoms. The van der Waals surface area contributed by atoms with Crippen LogP contribution in [0.15, 0.2) is 18.3 Å². The minimum Gasteiger partial charge on any atom is -0.348 e. The summed E-state index contributed by atoms with van der Waals surface area (Å²) in [5, 5.41) is 11.6. The van der Waals surface area contributed by atoms with Gasteiger partial charge in [-0.15, -0.1) is 0 Å². The van der Waals surface area contributed by atoms with Crippen molar-refractivity contribution in [3.8, 4) is 6.07 Å². The van der Waals surface area contributed by atoms with Gasteiger partial charge in [0.15, 0.2) is 0 Å². The van der Waals surface area contributed by atoms with Crippen molar-refractivity contribution in [2.45, 2.75) is 19.3 Å². The van der Waals surface area contributed by atoms with E-state index in [1.807, 2.05) is 0 Å². The standard InChI is InChI=1S/C10H11N3O/c11-7-10(4-2-5-10)9(14)13-8-3-1-6-12-8/h1,3,6,12H,2,4-5H2,(H,13,14). The third-order valence-corrected chi connectivity index (χ3v) is 2.70. The zero-order valence-electron chi connectivity index (χ0n) is 7.71.